The summed E-state index contributed by atoms with van der Waals surface area (Å²) in [5, 5.41) is 11.8. The van der Waals surface area contributed by atoms with E-state index in [2.05, 4.69) is 31.0 Å². The van der Waals surface area contributed by atoms with E-state index in [1.807, 2.05) is 12.1 Å². The van der Waals surface area contributed by atoms with Crippen molar-refractivity contribution in [2.45, 2.75) is 39.2 Å². The molecule has 0 spiro atoms. The third kappa shape index (κ3) is 3.62. The van der Waals surface area contributed by atoms with Gasteiger partial charge in [-0.3, -0.25) is 4.79 Å². The third-order valence-electron chi connectivity index (χ3n) is 4.06. The van der Waals surface area contributed by atoms with Gasteiger partial charge in [0.15, 0.2) is 0 Å². The highest BCUT2D eigenvalue weighted by Gasteiger charge is 2.31. The molecule has 3 unspecified atom stereocenters. The summed E-state index contributed by atoms with van der Waals surface area (Å²) in [6, 6.07) is 3.99. The van der Waals surface area contributed by atoms with Crippen LogP contribution in [0.15, 0.2) is 12.1 Å². The van der Waals surface area contributed by atoms with Crippen molar-refractivity contribution in [3.63, 3.8) is 0 Å². The lowest BCUT2D eigenvalue weighted by Gasteiger charge is -2.19. The molecule has 3 atom stereocenters. The molecule has 1 aliphatic rings. The molecule has 0 aliphatic heterocycles. The number of aliphatic hydroxyl groups is 1. The Morgan fingerprint density at radius 2 is 2.25 bits per heavy atom. The van der Waals surface area contributed by atoms with Crippen LogP contribution in [-0.4, -0.2) is 23.7 Å². The Bertz CT molecular complexity index is 526. The predicted octanol–water partition coefficient (Wildman–Crippen LogP) is 2.65. The Balaban J connectivity index is 1.95. The largest absolute Gasteiger partial charge is 0.395 e. The van der Waals surface area contributed by atoms with Crippen LogP contribution in [0.25, 0.3) is 0 Å². The van der Waals surface area contributed by atoms with E-state index in [9.17, 15) is 4.79 Å². The lowest BCUT2D eigenvalue weighted by molar-refractivity contribution is 0.0931. The standard InChI is InChI=1S/C16H21NO2S/c1-11-6-8-14(12(11)2)17-16(19)15-9-7-13(20-15)5-3-4-10-18/h7,9,11-12,14,18H,4,6,8,10H2,1-2H3,(H,17,19). The van der Waals surface area contributed by atoms with Crippen molar-refractivity contribution < 1.29 is 9.90 Å². The van der Waals surface area contributed by atoms with Crippen molar-refractivity contribution >= 4 is 17.2 Å². The summed E-state index contributed by atoms with van der Waals surface area (Å²) in [5.74, 6) is 7.07. The van der Waals surface area contributed by atoms with Gasteiger partial charge in [0.2, 0.25) is 0 Å². The van der Waals surface area contributed by atoms with E-state index in [1.54, 1.807) is 0 Å². The lowest BCUT2D eigenvalue weighted by atomic mass is 9.98. The number of carbonyl (C=O) groups excluding carboxylic acids is 1. The zero-order valence-corrected chi connectivity index (χ0v) is 12.8. The van der Waals surface area contributed by atoms with E-state index in [0.717, 1.165) is 11.3 Å². The minimum atomic E-state index is 0.0103. The zero-order valence-electron chi connectivity index (χ0n) is 12.0. The maximum Gasteiger partial charge on any atom is 0.261 e. The molecule has 2 rings (SSSR count). The van der Waals surface area contributed by atoms with Crippen molar-refractivity contribution in [1.29, 1.82) is 0 Å². The highest BCUT2D eigenvalue weighted by atomic mass is 32.1. The quantitative estimate of drug-likeness (QED) is 0.841. The van der Waals surface area contributed by atoms with E-state index in [4.69, 9.17) is 5.11 Å². The van der Waals surface area contributed by atoms with Gasteiger partial charge in [-0.2, -0.15) is 0 Å². The van der Waals surface area contributed by atoms with E-state index >= 15 is 0 Å². The fraction of sp³-hybridized carbons (Fsp3) is 0.562. The summed E-state index contributed by atoms with van der Waals surface area (Å²) < 4.78 is 0. The van der Waals surface area contributed by atoms with Crippen molar-refractivity contribution in [3.8, 4) is 11.8 Å². The number of rotatable bonds is 3. The zero-order chi connectivity index (χ0) is 14.5. The van der Waals surface area contributed by atoms with Gasteiger partial charge in [-0.05, 0) is 36.8 Å². The van der Waals surface area contributed by atoms with Crippen LogP contribution in [0.1, 0.15) is 47.7 Å². The molecule has 108 valence electrons. The fourth-order valence-corrected chi connectivity index (χ4v) is 3.32. The summed E-state index contributed by atoms with van der Waals surface area (Å²) in [6.07, 6.45) is 2.73. The van der Waals surface area contributed by atoms with Gasteiger partial charge in [-0.1, -0.05) is 25.7 Å². The molecule has 0 aromatic carbocycles. The van der Waals surface area contributed by atoms with E-state index in [0.29, 0.717) is 29.2 Å². The van der Waals surface area contributed by atoms with Crippen LogP contribution in [-0.2, 0) is 0 Å². The normalized spacial score (nSPS) is 25.1. The second-order valence-corrected chi connectivity index (χ2v) is 6.52. The first-order chi connectivity index (χ1) is 9.61. The van der Waals surface area contributed by atoms with Gasteiger partial charge >= 0.3 is 0 Å². The van der Waals surface area contributed by atoms with Crippen molar-refractivity contribution in [2.24, 2.45) is 11.8 Å². The van der Waals surface area contributed by atoms with Crippen LogP contribution in [0.2, 0.25) is 0 Å². The molecular weight excluding hydrogens is 270 g/mol. The molecule has 1 aromatic heterocycles. The topological polar surface area (TPSA) is 49.3 Å². The minimum Gasteiger partial charge on any atom is -0.395 e. The van der Waals surface area contributed by atoms with Crippen molar-refractivity contribution in [1.82, 2.24) is 5.32 Å². The second-order valence-electron chi connectivity index (χ2n) is 5.43. The first-order valence-electron chi connectivity index (χ1n) is 7.12. The third-order valence-corrected chi connectivity index (χ3v) is 5.06. The molecule has 1 heterocycles. The van der Waals surface area contributed by atoms with Gasteiger partial charge in [0.25, 0.3) is 5.91 Å². The summed E-state index contributed by atoms with van der Waals surface area (Å²) in [5.41, 5.74) is 0. The van der Waals surface area contributed by atoms with Crippen molar-refractivity contribution in [3.05, 3.63) is 21.9 Å². The van der Waals surface area contributed by atoms with E-state index < -0.39 is 0 Å². The molecule has 2 N–H and O–H groups in total. The molecule has 20 heavy (non-hydrogen) atoms. The highest BCUT2D eigenvalue weighted by Crippen LogP contribution is 2.31. The monoisotopic (exact) mass is 291 g/mol. The van der Waals surface area contributed by atoms with Gasteiger partial charge in [0, 0.05) is 12.5 Å². The fourth-order valence-electron chi connectivity index (χ4n) is 2.54. The predicted molar refractivity (Wildman–Crippen MR) is 81.7 cm³/mol. The van der Waals surface area contributed by atoms with Crippen LogP contribution >= 0.6 is 11.3 Å². The smallest absolute Gasteiger partial charge is 0.261 e. The average molecular weight is 291 g/mol. The molecule has 0 saturated heterocycles. The maximum absolute atomic E-state index is 12.2. The Hall–Kier alpha value is -1.31. The molecule has 1 aliphatic carbocycles. The highest BCUT2D eigenvalue weighted by molar-refractivity contribution is 7.14. The summed E-state index contributed by atoms with van der Waals surface area (Å²) >= 11 is 1.41. The number of aliphatic hydroxyl groups excluding tert-OH is 1. The average Bonchev–Trinajstić information content (AvgIpc) is 3.01. The summed E-state index contributed by atoms with van der Waals surface area (Å²) in [7, 11) is 0. The molecule has 0 radical (unpaired) electrons. The van der Waals surface area contributed by atoms with Crippen LogP contribution in [0.4, 0.5) is 0 Å². The maximum atomic E-state index is 12.2. The minimum absolute atomic E-state index is 0.0103. The first-order valence-corrected chi connectivity index (χ1v) is 7.94. The molecule has 1 saturated carbocycles. The number of amides is 1. The van der Waals surface area contributed by atoms with Crippen LogP contribution in [0.5, 0.6) is 0 Å². The molecule has 1 aromatic rings. The lowest BCUT2D eigenvalue weighted by Crippen LogP contribution is -2.36. The molecule has 0 bridgehead atoms. The summed E-state index contributed by atoms with van der Waals surface area (Å²) in [4.78, 5) is 13.8. The van der Waals surface area contributed by atoms with Gasteiger partial charge in [0.1, 0.15) is 0 Å². The van der Waals surface area contributed by atoms with E-state index in [-0.39, 0.29) is 12.5 Å². The van der Waals surface area contributed by atoms with E-state index in [1.165, 1.54) is 17.8 Å². The van der Waals surface area contributed by atoms with Crippen molar-refractivity contribution in [2.75, 3.05) is 6.61 Å². The first kappa shape index (κ1) is 15.1. The summed E-state index contributed by atoms with van der Waals surface area (Å²) in [6.45, 7) is 4.53. The van der Waals surface area contributed by atoms with Gasteiger partial charge in [-0.15, -0.1) is 11.3 Å². The van der Waals surface area contributed by atoms with Crippen LogP contribution < -0.4 is 5.32 Å². The number of thiophene rings is 1. The SMILES string of the molecule is CC1CCC(NC(=O)c2ccc(C#CCCO)s2)C1C. The van der Waals surface area contributed by atoms with Gasteiger partial charge < -0.3 is 10.4 Å². The second kappa shape index (κ2) is 6.92. The molecular formula is C16H21NO2S. The molecule has 1 fully saturated rings. The molecule has 4 heteroatoms. The van der Waals surface area contributed by atoms with Crippen LogP contribution in [0, 0.1) is 23.7 Å². The van der Waals surface area contributed by atoms with Gasteiger partial charge in [0.05, 0.1) is 16.4 Å². The Morgan fingerprint density at radius 1 is 1.45 bits per heavy atom. The number of carbonyl (C=O) groups is 1. The Morgan fingerprint density at radius 3 is 2.90 bits per heavy atom. The molecule has 3 nitrogen and oxygen atoms in total. The number of hydrogen-bond donors (Lipinski definition) is 2. The number of hydrogen-bond acceptors (Lipinski definition) is 3. The van der Waals surface area contributed by atoms with Crippen LogP contribution in [0.3, 0.4) is 0 Å². The Kier molecular flexibility index (Phi) is 5.22. The van der Waals surface area contributed by atoms with Gasteiger partial charge in [-0.25, -0.2) is 0 Å². The molecule has 1 amide bonds. The Labute approximate surface area is 124 Å². The number of nitrogens with one attached hydrogen (secondary N) is 1.